The monoisotopic (exact) mass is 253 g/mol. The van der Waals surface area contributed by atoms with Crippen molar-refractivity contribution in [2.24, 2.45) is 0 Å². The van der Waals surface area contributed by atoms with E-state index in [1.807, 2.05) is 12.1 Å². The van der Waals surface area contributed by atoms with Crippen LogP contribution in [0.5, 0.6) is 0 Å². The summed E-state index contributed by atoms with van der Waals surface area (Å²) in [6.45, 7) is 1.06. The number of carbonyl (C=O) groups is 1. The molecule has 0 N–H and O–H groups in total. The molecule has 4 heteroatoms. The molecule has 3 rings (SSSR count). The van der Waals surface area contributed by atoms with Crippen molar-refractivity contribution in [3.8, 4) is 0 Å². The van der Waals surface area contributed by atoms with Crippen molar-refractivity contribution in [2.75, 3.05) is 13.6 Å². The first kappa shape index (κ1) is 10.6. The highest BCUT2D eigenvalue weighted by molar-refractivity contribution is 8.15. The summed E-state index contributed by atoms with van der Waals surface area (Å²) in [6, 6.07) is 5.69. The number of benzene rings is 1. The van der Waals surface area contributed by atoms with Gasteiger partial charge in [-0.2, -0.15) is 0 Å². The van der Waals surface area contributed by atoms with Crippen LogP contribution >= 0.6 is 23.4 Å². The zero-order valence-corrected chi connectivity index (χ0v) is 10.6. The summed E-state index contributed by atoms with van der Waals surface area (Å²) in [5.74, 6) is 0. The number of nitrogens with zero attached hydrogens (tertiary/aromatic N) is 1. The summed E-state index contributed by atoms with van der Waals surface area (Å²) in [5.41, 5.74) is 1.94. The van der Waals surface area contributed by atoms with E-state index in [0.29, 0.717) is 5.02 Å². The van der Waals surface area contributed by atoms with Crippen LogP contribution in [-0.4, -0.2) is 23.6 Å². The normalized spacial score (nSPS) is 29.0. The summed E-state index contributed by atoms with van der Waals surface area (Å²) < 4.78 is 0. The molecule has 0 bridgehead atoms. The molecule has 0 saturated carbocycles. The minimum Gasteiger partial charge on any atom is -0.288 e. The van der Waals surface area contributed by atoms with Gasteiger partial charge in [-0.1, -0.05) is 29.4 Å². The lowest BCUT2D eigenvalue weighted by molar-refractivity contribution is 0.109. The molecule has 2 heterocycles. The lowest BCUT2D eigenvalue weighted by atomic mass is 9.99. The second-order valence-electron chi connectivity index (χ2n) is 4.39. The van der Waals surface area contributed by atoms with Crippen molar-refractivity contribution in [2.45, 2.75) is 17.7 Å². The number of rotatable bonds is 0. The number of thioether (sulfide) groups is 1. The van der Waals surface area contributed by atoms with Gasteiger partial charge in [0.25, 0.3) is 0 Å². The highest BCUT2D eigenvalue weighted by Gasteiger charge is 2.49. The van der Waals surface area contributed by atoms with Crippen LogP contribution in [0.1, 0.15) is 28.8 Å². The molecule has 0 radical (unpaired) electrons. The quantitative estimate of drug-likeness (QED) is 0.709. The number of hydrogen-bond acceptors (Lipinski definition) is 3. The SMILES string of the molecule is CN1CCCC12SC(=O)c1cc(Cl)ccc12. The Labute approximate surface area is 104 Å². The van der Waals surface area contributed by atoms with Crippen LogP contribution in [-0.2, 0) is 4.87 Å². The largest absolute Gasteiger partial charge is 0.288 e. The van der Waals surface area contributed by atoms with E-state index in [1.165, 1.54) is 11.8 Å². The van der Waals surface area contributed by atoms with Crippen LogP contribution in [0.4, 0.5) is 0 Å². The number of likely N-dealkylation sites (tertiary alicyclic amines) is 1. The Morgan fingerprint density at radius 1 is 1.50 bits per heavy atom. The van der Waals surface area contributed by atoms with Crippen molar-refractivity contribution in [1.82, 2.24) is 4.90 Å². The minimum atomic E-state index is -0.114. The molecule has 16 heavy (non-hydrogen) atoms. The molecule has 1 aromatic rings. The number of carbonyl (C=O) groups excluding carboxylic acids is 1. The van der Waals surface area contributed by atoms with Gasteiger partial charge in [0.2, 0.25) is 5.12 Å². The van der Waals surface area contributed by atoms with Gasteiger partial charge in [-0.05, 0) is 44.1 Å². The smallest absolute Gasteiger partial charge is 0.221 e. The van der Waals surface area contributed by atoms with Gasteiger partial charge >= 0.3 is 0 Å². The van der Waals surface area contributed by atoms with Crippen molar-refractivity contribution in [3.05, 3.63) is 34.3 Å². The highest BCUT2D eigenvalue weighted by Crippen LogP contribution is 2.54. The average Bonchev–Trinajstić information content (AvgIpc) is 2.73. The Bertz CT molecular complexity index is 476. The van der Waals surface area contributed by atoms with E-state index in [4.69, 9.17) is 11.6 Å². The van der Waals surface area contributed by atoms with Crippen LogP contribution in [0.25, 0.3) is 0 Å². The molecule has 1 unspecified atom stereocenters. The second-order valence-corrected chi connectivity index (χ2v) is 6.08. The molecule has 1 spiro atoms. The molecule has 0 aromatic heterocycles. The van der Waals surface area contributed by atoms with E-state index in [0.717, 1.165) is 30.5 Å². The lowest BCUT2D eigenvalue weighted by Crippen LogP contribution is -2.33. The topological polar surface area (TPSA) is 20.3 Å². The number of fused-ring (bicyclic) bond motifs is 2. The summed E-state index contributed by atoms with van der Waals surface area (Å²) in [5, 5.41) is 0.802. The fourth-order valence-corrected chi connectivity index (χ4v) is 4.22. The maximum atomic E-state index is 12.0. The number of halogens is 1. The van der Waals surface area contributed by atoms with Crippen molar-refractivity contribution in [3.63, 3.8) is 0 Å². The van der Waals surface area contributed by atoms with Gasteiger partial charge in [0.05, 0.1) is 0 Å². The van der Waals surface area contributed by atoms with Crippen LogP contribution in [0.15, 0.2) is 18.2 Å². The molecule has 1 saturated heterocycles. The third-order valence-electron chi connectivity index (χ3n) is 3.51. The van der Waals surface area contributed by atoms with Crippen LogP contribution in [0, 0.1) is 0 Å². The zero-order valence-electron chi connectivity index (χ0n) is 9.00. The molecule has 84 valence electrons. The average molecular weight is 254 g/mol. The molecule has 0 amide bonds. The van der Waals surface area contributed by atoms with E-state index in [2.05, 4.69) is 11.9 Å². The van der Waals surface area contributed by atoms with Crippen molar-refractivity contribution >= 4 is 28.5 Å². The first-order chi connectivity index (χ1) is 7.63. The van der Waals surface area contributed by atoms with Crippen LogP contribution in [0.2, 0.25) is 5.02 Å². The maximum absolute atomic E-state index is 12.0. The van der Waals surface area contributed by atoms with E-state index in [-0.39, 0.29) is 9.99 Å². The van der Waals surface area contributed by atoms with E-state index < -0.39 is 0 Å². The maximum Gasteiger partial charge on any atom is 0.221 e. The Balaban J connectivity index is 2.19. The third-order valence-corrected chi connectivity index (χ3v) is 5.22. The fourth-order valence-electron chi connectivity index (χ4n) is 2.69. The fraction of sp³-hybridized carbons (Fsp3) is 0.417. The van der Waals surface area contributed by atoms with Gasteiger partial charge in [0.1, 0.15) is 4.87 Å². The van der Waals surface area contributed by atoms with E-state index in [1.54, 1.807) is 6.07 Å². The van der Waals surface area contributed by atoms with Gasteiger partial charge in [-0.25, -0.2) is 0 Å². The van der Waals surface area contributed by atoms with Gasteiger partial charge in [-0.15, -0.1) is 0 Å². The van der Waals surface area contributed by atoms with E-state index >= 15 is 0 Å². The Hall–Kier alpha value is -0.510. The van der Waals surface area contributed by atoms with Crippen LogP contribution in [0.3, 0.4) is 0 Å². The number of hydrogen-bond donors (Lipinski definition) is 0. The minimum absolute atomic E-state index is 0.114. The Kier molecular flexibility index (Phi) is 2.32. The van der Waals surface area contributed by atoms with Crippen molar-refractivity contribution in [1.29, 1.82) is 0 Å². The lowest BCUT2D eigenvalue weighted by Gasteiger charge is -2.31. The molecule has 1 atom stereocenters. The first-order valence-electron chi connectivity index (χ1n) is 5.38. The van der Waals surface area contributed by atoms with E-state index in [9.17, 15) is 4.79 Å². The highest BCUT2D eigenvalue weighted by atomic mass is 35.5. The van der Waals surface area contributed by atoms with Gasteiger partial charge in [0, 0.05) is 10.6 Å². The summed E-state index contributed by atoms with van der Waals surface area (Å²) in [4.78, 5) is 14.2. The predicted molar refractivity (Wildman–Crippen MR) is 66.9 cm³/mol. The summed E-state index contributed by atoms with van der Waals surface area (Å²) in [7, 11) is 2.09. The third kappa shape index (κ3) is 1.28. The van der Waals surface area contributed by atoms with Gasteiger partial charge in [-0.3, -0.25) is 9.69 Å². The first-order valence-corrected chi connectivity index (χ1v) is 6.57. The molecule has 0 aliphatic carbocycles. The molecule has 1 fully saturated rings. The molecular formula is C12H12ClNOS. The summed E-state index contributed by atoms with van der Waals surface area (Å²) in [6.07, 6.45) is 2.20. The predicted octanol–water partition coefficient (Wildman–Crippen LogP) is 3.11. The van der Waals surface area contributed by atoms with Gasteiger partial charge < -0.3 is 0 Å². The molecule has 2 aliphatic heterocycles. The second kappa shape index (κ2) is 3.49. The van der Waals surface area contributed by atoms with Crippen molar-refractivity contribution < 1.29 is 4.79 Å². The molecule has 2 aliphatic rings. The Morgan fingerprint density at radius 3 is 3.00 bits per heavy atom. The summed E-state index contributed by atoms with van der Waals surface area (Å²) >= 11 is 7.39. The standard InChI is InChI=1S/C12H12ClNOS/c1-14-6-2-5-12(14)10-4-3-8(13)7-9(10)11(15)16-12/h3-4,7H,2,5-6H2,1H3. The molecule has 2 nitrogen and oxygen atoms in total. The van der Waals surface area contributed by atoms with Gasteiger partial charge in [0.15, 0.2) is 0 Å². The van der Waals surface area contributed by atoms with Crippen LogP contribution < -0.4 is 0 Å². The zero-order chi connectivity index (χ0) is 11.3. The molecular weight excluding hydrogens is 242 g/mol. The molecule has 1 aromatic carbocycles. The Morgan fingerprint density at radius 2 is 2.31 bits per heavy atom.